The third-order valence-corrected chi connectivity index (χ3v) is 2.30. The van der Waals surface area contributed by atoms with Crippen LogP contribution in [0.5, 0.6) is 0 Å². The number of pyridine rings is 1. The predicted octanol–water partition coefficient (Wildman–Crippen LogP) is 2.44. The highest BCUT2D eigenvalue weighted by molar-refractivity contribution is 9.11. The van der Waals surface area contributed by atoms with E-state index in [0.29, 0.717) is 0 Å². The molecule has 0 aliphatic carbocycles. The summed E-state index contributed by atoms with van der Waals surface area (Å²) >= 11 is 5.66. The van der Waals surface area contributed by atoms with E-state index in [4.69, 9.17) is 5.11 Å². The number of carbonyl (C=O) groups is 1. The summed E-state index contributed by atoms with van der Waals surface area (Å²) < 4.78 is 13.0. The molecule has 64 valence electrons. The number of carboxylic acid groups (broad SMARTS) is 1. The number of rotatable bonds is 1. The van der Waals surface area contributed by atoms with Gasteiger partial charge in [-0.15, -0.1) is 0 Å². The van der Waals surface area contributed by atoms with Crippen LogP contribution in [0.25, 0.3) is 0 Å². The van der Waals surface area contributed by atoms with Crippen LogP contribution in [-0.4, -0.2) is 16.1 Å². The Morgan fingerprint density at radius 3 is 2.58 bits per heavy atom. The number of aromatic nitrogens is 1. The van der Waals surface area contributed by atoms with E-state index in [1.807, 2.05) is 0 Å². The van der Waals surface area contributed by atoms with Crippen molar-refractivity contribution < 1.29 is 14.3 Å². The van der Waals surface area contributed by atoms with Gasteiger partial charge in [-0.3, -0.25) is 0 Å². The fraction of sp³-hybridized carbons (Fsp3) is 0. The molecule has 12 heavy (non-hydrogen) atoms. The van der Waals surface area contributed by atoms with Crippen molar-refractivity contribution in [1.82, 2.24) is 4.98 Å². The summed E-state index contributed by atoms with van der Waals surface area (Å²) in [6.45, 7) is 0. The minimum Gasteiger partial charge on any atom is -0.478 e. The van der Waals surface area contributed by atoms with Crippen LogP contribution in [0.2, 0.25) is 0 Å². The van der Waals surface area contributed by atoms with Gasteiger partial charge < -0.3 is 5.11 Å². The Kier molecular flexibility index (Phi) is 2.79. The zero-order valence-electron chi connectivity index (χ0n) is 5.51. The van der Waals surface area contributed by atoms with Crippen molar-refractivity contribution in [1.29, 1.82) is 0 Å². The standard InChI is InChI=1S/C6H2Br2FNO2/c7-2-1-10-5(8)4(9)3(2)6(11)12/h1H,(H,11,12). The topological polar surface area (TPSA) is 50.2 Å². The van der Waals surface area contributed by atoms with E-state index in [-0.39, 0.29) is 9.08 Å². The van der Waals surface area contributed by atoms with Gasteiger partial charge in [0.1, 0.15) is 10.2 Å². The van der Waals surface area contributed by atoms with Gasteiger partial charge in [-0.05, 0) is 31.9 Å². The second-order valence-corrected chi connectivity index (χ2v) is 3.50. The lowest BCUT2D eigenvalue weighted by Gasteiger charge is -2.00. The molecule has 0 saturated heterocycles. The molecule has 0 amide bonds. The molecule has 6 heteroatoms. The first kappa shape index (κ1) is 9.60. The fourth-order valence-corrected chi connectivity index (χ4v) is 1.39. The summed E-state index contributed by atoms with van der Waals surface area (Å²) in [5.74, 6) is -2.21. The summed E-state index contributed by atoms with van der Waals surface area (Å²) in [5, 5.41) is 8.55. The molecule has 0 spiro atoms. The van der Waals surface area contributed by atoms with Gasteiger partial charge in [0.2, 0.25) is 0 Å². The fourth-order valence-electron chi connectivity index (χ4n) is 0.639. The molecule has 0 aromatic carbocycles. The van der Waals surface area contributed by atoms with Crippen molar-refractivity contribution in [3.05, 3.63) is 26.7 Å². The summed E-state index contributed by atoms with van der Waals surface area (Å²) in [6, 6.07) is 0. The normalized spacial score (nSPS) is 9.92. The van der Waals surface area contributed by atoms with E-state index in [2.05, 4.69) is 36.8 Å². The molecule has 3 nitrogen and oxygen atoms in total. The lowest BCUT2D eigenvalue weighted by Crippen LogP contribution is -2.03. The molecule has 0 aliphatic heterocycles. The second-order valence-electron chi connectivity index (χ2n) is 1.89. The summed E-state index contributed by atoms with van der Waals surface area (Å²) in [4.78, 5) is 14.0. The molecule has 0 atom stereocenters. The molecule has 0 unspecified atom stereocenters. The van der Waals surface area contributed by atoms with E-state index in [9.17, 15) is 9.18 Å². The maximum atomic E-state index is 13.0. The zero-order valence-corrected chi connectivity index (χ0v) is 8.69. The molecular formula is C6H2Br2FNO2. The van der Waals surface area contributed by atoms with E-state index in [0.717, 1.165) is 0 Å². The first-order valence-corrected chi connectivity index (χ1v) is 4.35. The Morgan fingerprint density at radius 2 is 2.17 bits per heavy atom. The van der Waals surface area contributed by atoms with Crippen LogP contribution in [0, 0.1) is 5.82 Å². The van der Waals surface area contributed by atoms with Gasteiger partial charge in [0.05, 0.1) is 4.47 Å². The summed E-state index contributed by atoms with van der Waals surface area (Å²) in [5.41, 5.74) is -0.420. The van der Waals surface area contributed by atoms with E-state index in [1.54, 1.807) is 0 Å². The zero-order chi connectivity index (χ0) is 9.30. The molecule has 0 radical (unpaired) electrons. The van der Waals surface area contributed by atoms with Gasteiger partial charge in [0, 0.05) is 6.20 Å². The van der Waals surface area contributed by atoms with Crippen LogP contribution >= 0.6 is 31.9 Å². The Balaban J connectivity index is 3.43. The number of hydrogen-bond acceptors (Lipinski definition) is 2. The average Bonchev–Trinajstić information content (AvgIpc) is 1.97. The van der Waals surface area contributed by atoms with Gasteiger partial charge in [0.15, 0.2) is 5.82 Å². The monoisotopic (exact) mass is 297 g/mol. The largest absolute Gasteiger partial charge is 0.478 e. The molecule has 1 aromatic heterocycles. The van der Waals surface area contributed by atoms with Gasteiger partial charge in [0.25, 0.3) is 0 Å². The third kappa shape index (κ3) is 1.64. The van der Waals surface area contributed by atoms with Gasteiger partial charge in [-0.2, -0.15) is 0 Å². The van der Waals surface area contributed by atoms with Gasteiger partial charge in [-0.1, -0.05) is 0 Å². The van der Waals surface area contributed by atoms with Crippen LogP contribution in [0.4, 0.5) is 4.39 Å². The number of nitrogens with zero attached hydrogens (tertiary/aromatic N) is 1. The van der Waals surface area contributed by atoms with E-state index >= 15 is 0 Å². The number of carboxylic acids is 1. The molecule has 1 rings (SSSR count). The summed E-state index contributed by atoms with van der Waals surface area (Å²) in [7, 11) is 0. The van der Waals surface area contributed by atoms with Crippen LogP contribution in [0.3, 0.4) is 0 Å². The Labute approximate surface area is 83.9 Å². The first-order chi connectivity index (χ1) is 5.54. The molecule has 0 aliphatic rings. The molecule has 0 saturated carbocycles. The molecule has 1 aromatic rings. The maximum absolute atomic E-state index is 13.0. The molecule has 1 N–H and O–H groups in total. The Bertz CT molecular complexity index is 343. The van der Waals surface area contributed by atoms with Crippen LogP contribution < -0.4 is 0 Å². The van der Waals surface area contributed by atoms with E-state index in [1.165, 1.54) is 6.20 Å². The second kappa shape index (κ2) is 3.49. The van der Waals surface area contributed by atoms with Gasteiger partial charge in [-0.25, -0.2) is 14.2 Å². The molecule has 0 bridgehead atoms. The highest BCUT2D eigenvalue weighted by atomic mass is 79.9. The highest BCUT2D eigenvalue weighted by Crippen LogP contribution is 2.23. The molecule has 0 fully saturated rings. The minimum atomic E-state index is -1.33. The Morgan fingerprint density at radius 1 is 1.58 bits per heavy atom. The van der Waals surface area contributed by atoms with E-state index < -0.39 is 17.3 Å². The first-order valence-electron chi connectivity index (χ1n) is 2.77. The third-order valence-electron chi connectivity index (χ3n) is 1.14. The minimum absolute atomic E-state index is 0.108. The van der Waals surface area contributed by atoms with Crippen LogP contribution in [0.1, 0.15) is 10.4 Å². The smallest absolute Gasteiger partial charge is 0.340 e. The number of halogens is 3. The maximum Gasteiger partial charge on any atom is 0.340 e. The van der Waals surface area contributed by atoms with Crippen molar-refractivity contribution in [2.24, 2.45) is 0 Å². The van der Waals surface area contributed by atoms with Crippen molar-refractivity contribution in [2.75, 3.05) is 0 Å². The number of hydrogen-bond donors (Lipinski definition) is 1. The average molecular weight is 299 g/mol. The number of aromatic carboxylic acids is 1. The molecular weight excluding hydrogens is 297 g/mol. The molecule has 1 heterocycles. The lowest BCUT2D eigenvalue weighted by molar-refractivity contribution is 0.0690. The van der Waals surface area contributed by atoms with Crippen molar-refractivity contribution >= 4 is 37.8 Å². The van der Waals surface area contributed by atoms with Gasteiger partial charge >= 0.3 is 5.97 Å². The lowest BCUT2D eigenvalue weighted by atomic mass is 10.3. The summed E-state index contributed by atoms with van der Waals surface area (Å²) in [6.07, 6.45) is 1.22. The highest BCUT2D eigenvalue weighted by Gasteiger charge is 2.17. The van der Waals surface area contributed by atoms with Crippen LogP contribution in [-0.2, 0) is 0 Å². The van der Waals surface area contributed by atoms with Crippen molar-refractivity contribution in [3.63, 3.8) is 0 Å². The SMILES string of the molecule is O=C(O)c1c(Br)cnc(Br)c1F. The van der Waals surface area contributed by atoms with Crippen molar-refractivity contribution in [2.45, 2.75) is 0 Å². The Hall–Kier alpha value is -0.490. The predicted molar refractivity (Wildman–Crippen MR) is 46.6 cm³/mol. The quantitative estimate of drug-likeness (QED) is 0.810. The van der Waals surface area contributed by atoms with Crippen LogP contribution in [0.15, 0.2) is 15.3 Å². The van der Waals surface area contributed by atoms with Crippen molar-refractivity contribution in [3.8, 4) is 0 Å².